The average molecular weight is 248 g/mol. The maximum absolute atomic E-state index is 11.5. The molecule has 1 saturated heterocycles. The molecule has 1 heterocycles. The second kappa shape index (κ2) is 5.47. The summed E-state index contributed by atoms with van der Waals surface area (Å²) in [5, 5.41) is 0. The van der Waals surface area contributed by atoms with E-state index in [1.54, 1.807) is 4.31 Å². The fraction of sp³-hybridized carbons (Fsp3) is 1.00. The van der Waals surface area contributed by atoms with Crippen molar-refractivity contribution in [3.8, 4) is 0 Å². The Balaban J connectivity index is 2.58. The zero-order valence-corrected chi connectivity index (χ0v) is 11.6. The molecule has 2 atom stereocenters. The molecule has 1 aliphatic rings. The molecule has 0 amide bonds. The first-order valence-corrected chi connectivity index (χ1v) is 7.90. The van der Waals surface area contributed by atoms with E-state index >= 15 is 0 Å². The van der Waals surface area contributed by atoms with Crippen LogP contribution in [-0.4, -0.2) is 56.6 Å². The number of hydrogen-bond donors (Lipinski definition) is 0. The molecule has 0 aromatic heterocycles. The highest BCUT2D eigenvalue weighted by atomic mass is 32.2. The van der Waals surface area contributed by atoms with Gasteiger partial charge >= 0.3 is 0 Å². The summed E-state index contributed by atoms with van der Waals surface area (Å²) in [7, 11) is -3.00. The van der Waals surface area contributed by atoms with Crippen molar-refractivity contribution in [1.82, 2.24) is 9.21 Å². The number of sulfonamides is 1. The van der Waals surface area contributed by atoms with E-state index < -0.39 is 10.0 Å². The molecule has 1 fully saturated rings. The van der Waals surface area contributed by atoms with E-state index in [1.165, 1.54) is 6.26 Å². The molecule has 2 unspecified atom stereocenters. The number of rotatable bonds is 5. The lowest BCUT2D eigenvalue weighted by Gasteiger charge is -2.24. The Morgan fingerprint density at radius 3 is 2.19 bits per heavy atom. The van der Waals surface area contributed by atoms with Gasteiger partial charge in [-0.3, -0.25) is 0 Å². The topological polar surface area (TPSA) is 40.6 Å². The summed E-state index contributed by atoms with van der Waals surface area (Å²) in [6.07, 6.45) is 1.31. The van der Waals surface area contributed by atoms with E-state index in [0.29, 0.717) is 24.9 Å². The van der Waals surface area contributed by atoms with E-state index in [0.717, 1.165) is 19.6 Å². The van der Waals surface area contributed by atoms with Crippen molar-refractivity contribution in [2.45, 2.75) is 20.8 Å². The van der Waals surface area contributed by atoms with Crippen molar-refractivity contribution in [2.24, 2.45) is 11.8 Å². The second-order valence-corrected chi connectivity index (χ2v) is 6.79. The van der Waals surface area contributed by atoms with E-state index in [-0.39, 0.29) is 0 Å². The summed E-state index contributed by atoms with van der Waals surface area (Å²) < 4.78 is 24.5. The fourth-order valence-corrected chi connectivity index (χ4v) is 3.28. The van der Waals surface area contributed by atoms with Gasteiger partial charge in [0, 0.05) is 19.6 Å². The molecule has 16 heavy (non-hydrogen) atoms. The molecule has 0 radical (unpaired) electrons. The monoisotopic (exact) mass is 248 g/mol. The molecule has 1 rings (SSSR count). The molecule has 4 nitrogen and oxygen atoms in total. The Labute approximate surface area is 99.7 Å². The maximum atomic E-state index is 11.5. The zero-order chi connectivity index (χ0) is 12.3. The van der Waals surface area contributed by atoms with Crippen LogP contribution in [0.1, 0.15) is 20.8 Å². The van der Waals surface area contributed by atoms with Crippen LogP contribution in [0, 0.1) is 11.8 Å². The first-order valence-electron chi connectivity index (χ1n) is 6.05. The molecule has 0 aromatic rings. The van der Waals surface area contributed by atoms with Crippen LogP contribution in [0.25, 0.3) is 0 Å². The molecule has 0 saturated carbocycles. The standard InChI is InChI=1S/C11H24N2O2S/c1-5-12(6-2)8-11-9-13(7-10(11)3)16(4,14)15/h10-11H,5-9H2,1-4H3. The van der Waals surface area contributed by atoms with Crippen LogP contribution in [0.2, 0.25) is 0 Å². The first-order chi connectivity index (χ1) is 7.38. The van der Waals surface area contributed by atoms with Gasteiger partial charge in [-0.25, -0.2) is 12.7 Å². The Bertz CT molecular complexity index is 312. The van der Waals surface area contributed by atoms with Gasteiger partial charge in [0.1, 0.15) is 0 Å². The molecular weight excluding hydrogens is 224 g/mol. The van der Waals surface area contributed by atoms with Crippen LogP contribution < -0.4 is 0 Å². The summed E-state index contributed by atoms with van der Waals surface area (Å²) in [5.41, 5.74) is 0. The van der Waals surface area contributed by atoms with Crippen molar-refractivity contribution in [3.05, 3.63) is 0 Å². The number of hydrogen-bond acceptors (Lipinski definition) is 3. The van der Waals surface area contributed by atoms with Gasteiger partial charge in [-0.1, -0.05) is 20.8 Å². The summed E-state index contributed by atoms with van der Waals surface area (Å²) >= 11 is 0. The summed E-state index contributed by atoms with van der Waals surface area (Å²) in [4.78, 5) is 2.37. The van der Waals surface area contributed by atoms with Gasteiger partial charge in [-0.2, -0.15) is 0 Å². The Hall–Kier alpha value is -0.130. The lowest BCUT2D eigenvalue weighted by Crippen LogP contribution is -2.33. The summed E-state index contributed by atoms with van der Waals surface area (Å²) in [6, 6.07) is 0. The van der Waals surface area contributed by atoms with Gasteiger partial charge in [-0.15, -0.1) is 0 Å². The van der Waals surface area contributed by atoms with E-state index in [1.807, 2.05) is 0 Å². The predicted molar refractivity (Wildman–Crippen MR) is 66.9 cm³/mol. The van der Waals surface area contributed by atoms with Crippen molar-refractivity contribution in [1.29, 1.82) is 0 Å². The quantitative estimate of drug-likeness (QED) is 0.724. The maximum Gasteiger partial charge on any atom is 0.211 e. The van der Waals surface area contributed by atoms with Crippen molar-refractivity contribution >= 4 is 10.0 Å². The number of nitrogens with zero attached hydrogens (tertiary/aromatic N) is 2. The highest BCUT2D eigenvalue weighted by molar-refractivity contribution is 7.88. The van der Waals surface area contributed by atoms with Crippen LogP contribution in [0.5, 0.6) is 0 Å². The van der Waals surface area contributed by atoms with Crippen LogP contribution in [0.4, 0.5) is 0 Å². The third-order valence-corrected chi connectivity index (χ3v) is 4.83. The molecule has 0 bridgehead atoms. The van der Waals surface area contributed by atoms with Crippen LogP contribution >= 0.6 is 0 Å². The smallest absolute Gasteiger partial charge is 0.211 e. The van der Waals surface area contributed by atoms with Crippen molar-refractivity contribution < 1.29 is 8.42 Å². The lowest BCUT2D eigenvalue weighted by atomic mass is 9.98. The SMILES string of the molecule is CCN(CC)CC1CN(S(C)(=O)=O)CC1C. The molecule has 5 heteroatoms. The molecule has 0 spiro atoms. The first kappa shape index (κ1) is 13.9. The highest BCUT2D eigenvalue weighted by Gasteiger charge is 2.34. The van der Waals surface area contributed by atoms with Gasteiger partial charge in [0.2, 0.25) is 10.0 Å². The third-order valence-electron chi connectivity index (χ3n) is 3.59. The molecule has 0 aromatic carbocycles. The van der Waals surface area contributed by atoms with Gasteiger partial charge < -0.3 is 4.90 Å². The van der Waals surface area contributed by atoms with Gasteiger partial charge in [0.05, 0.1) is 6.26 Å². The van der Waals surface area contributed by atoms with Gasteiger partial charge in [0.25, 0.3) is 0 Å². The Morgan fingerprint density at radius 1 is 1.25 bits per heavy atom. The minimum absolute atomic E-state index is 0.468. The van der Waals surface area contributed by atoms with Crippen molar-refractivity contribution in [2.75, 3.05) is 39.0 Å². The average Bonchev–Trinajstić information content (AvgIpc) is 2.56. The third kappa shape index (κ3) is 3.43. The van der Waals surface area contributed by atoms with E-state index in [4.69, 9.17) is 0 Å². The fourth-order valence-electron chi connectivity index (χ4n) is 2.31. The normalized spacial score (nSPS) is 27.8. The molecular formula is C11H24N2O2S. The van der Waals surface area contributed by atoms with E-state index in [9.17, 15) is 8.42 Å². The minimum Gasteiger partial charge on any atom is -0.304 e. The largest absolute Gasteiger partial charge is 0.304 e. The predicted octanol–water partition coefficient (Wildman–Crippen LogP) is 0.856. The van der Waals surface area contributed by atoms with Crippen LogP contribution in [0.15, 0.2) is 0 Å². The van der Waals surface area contributed by atoms with Gasteiger partial charge in [0.15, 0.2) is 0 Å². The second-order valence-electron chi connectivity index (χ2n) is 4.80. The van der Waals surface area contributed by atoms with Crippen molar-refractivity contribution in [3.63, 3.8) is 0 Å². The molecule has 1 aliphatic heterocycles. The Kier molecular flexibility index (Phi) is 4.76. The lowest BCUT2D eigenvalue weighted by molar-refractivity contribution is 0.236. The highest BCUT2D eigenvalue weighted by Crippen LogP contribution is 2.25. The summed E-state index contributed by atoms with van der Waals surface area (Å²) in [6.45, 7) is 10.9. The minimum atomic E-state index is -3.00. The zero-order valence-electron chi connectivity index (χ0n) is 10.8. The van der Waals surface area contributed by atoms with Gasteiger partial charge in [-0.05, 0) is 24.9 Å². The molecule has 96 valence electrons. The van der Waals surface area contributed by atoms with Crippen LogP contribution in [0.3, 0.4) is 0 Å². The van der Waals surface area contributed by atoms with Crippen LogP contribution in [-0.2, 0) is 10.0 Å². The summed E-state index contributed by atoms with van der Waals surface area (Å²) in [5.74, 6) is 0.949. The molecule has 0 aliphatic carbocycles. The molecule has 0 N–H and O–H groups in total. The Morgan fingerprint density at radius 2 is 1.81 bits per heavy atom. The van der Waals surface area contributed by atoms with E-state index in [2.05, 4.69) is 25.7 Å².